The Balaban J connectivity index is 1.69. The molecular formula is C19H19FN2O3S. The number of carbonyl (C=O) groups excluding carboxylic acids is 1. The molecule has 2 fully saturated rings. The topological polar surface area (TPSA) is 57.7 Å². The van der Waals surface area contributed by atoms with Crippen LogP contribution < -0.4 is 4.90 Å². The van der Waals surface area contributed by atoms with Gasteiger partial charge in [-0.3, -0.25) is 4.90 Å². The SMILES string of the molecule is Cc1ccc(CN2C(=O)N(c3ccc(F)cc3)[C@@H]3CS(=O)(=O)C[C@@H]32)cc1. The maximum Gasteiger partial charge on any atom is 0.325 e. The normalized spacial score (nSPS) is 24.2. The Labute approximate surface area is 152 Å². The van der Waals surface area contributed by atoms with E-state index in [2.05, 4.69) is 0 Å². The van der Waals surface area contributed by atoms with Gasteiger partial charge in [-0.1, -0.05) is 29.8 Å². The van der Waals surface area contributed by atoms with Crippen molar-refractivity contribution in [3.63, 3.8) is 0 Å². The van der Waals surface area contributed by atoms with E-state index in [1.807, 2.05) is 31.2 Å². The first-order valence-electron chi connectivity index (χ1n) is 8.45. The highest BCUT2D eigenvalue weighted by Crippen LogP contribution is 2.35. The van der Waals surface area contributed by atoms with E-state index in [9.17, 15) is 17.6 Å². The number of carbonyl (C=O) groups is 1. The van der Waals surface area contributed by atoms with Gasteiger partial charge in [0.2, 0.25) is 0 Å². The Morgan fingerprint density at radius 3 is 2.27 bits per heavy atom. The van der Waals surface area contributed by atoms with E-state index in [4.69, 9.17) is 0 Å². The minimum absolute atomic E-state index is 0.0348. The molecule has 2 aliphatic rings. The van der Waals surface area contributed by atoms with Crippen LogP contribution in [-0.4, -0.2) is 42.9 Å². The molecule has 0 unspecified atom stereocenters. The van der Waals surface area contributed by atoms with Crippen molar-refractivity contribution >= 4 is 21.6 Å². The molecule has 4 rings (SSSR count). The summed E-state index contributed by atoms with van der Waals surface area (Å²) < 4.78 is 37.6. The minimum Gasteiger partial charge on any atom is -0.314 e. The molecule has 2 aliphatic heterocycles. The molecule has 0 N–H and O–H groups in total. The van der Waals surface area contributed by atoms with E-state index >= 15 is 0 Å². The van der Waals surface area contributed by atoms with Gasteiger partial charge < -0.3 is 4.90 Å². The molecule has 136 valence electrons. The average molecular weight is 374 g/mol. The molecule has 0 spiro atoms. The number of benzene rings is 2. The summed E-state index contributed by atoms with van der Waals surface area (Å²) in [5.41, 5.74) is 2.60. The van der Waals surface area contributed by atoms with Crippen LogP contribution in [0.15, 0.2) is 48.5 Å². The molecule has 0 aromatic heterocycles. The molecule has 26 heavy (non-hydrogen) atoms. The van der Waals surface area contributed by atoms with Gasteiger partial charge >= 0.3 is 6.03 Å². The lowest BCUT2D eigenvalue weighted by molar-refractivity contribution is 0.206. The number of hydrogen-bond acceptors (Lipinski definition) is 3. The van der Waals surface area contributed by atoms with E-state index in [-0.39, 0.29) is 23.6 Å². The summed E-state index contributed by atoms with van der Waals surface area (Å²) in [5.74, 6) is -0.495. The lowest BCUT2D eigenvalue weighted by Gasteiger charge is -2.22. The molecule has 2 amide bonds. The third-order valence-electron chi connectivity index (χ3n) is 5.06. The van der Waals surface area contributed by atoms with Crippen molar-refractivity contribution in [3.8, 4) is 0 Å². The standard InChI is InChI=1S/C19H19FN2O3S/c1-13-2-4-14(5-3-13)10-21-17-11-26(24,25)12-18(17)22(19(21)23)16-8-6-15(20)7-9-16/h2-9,17-18H,10-12H2,1H3/t17-,18+/m0/s1. The highest BCUT2D eigenvalue weighted by Gasteiger charge is 2.53. The van der Waals surface area contributed by atoms with Gasteiger partial charge in [0.15, 0.2) is 9.84 Å². The van der Waals surface area contributed by atoms with Crippen LogP contribution in [0, 0.1) is 12.7 Å². The van der Waals surface area contributed by atoms with Crippen LogP contribution in [0.3, 0.4) is 0 Å². The Morgan fingerprint density at radius 2 is 1.62 bits per heavy atom. The predicted octanol–water partition coefficient (Wildman–Crippen LogP) is 2.74. The Morgan fingerprint density at radius 1 is 1.00 bits per heavy atom. The fourth-order valence-electron chi connectivity index (χ4n) is 3.76. The zero-order chi connectivity index (χ0) is 18.5. The third-order valence-corrected chi connectivity index (χ3v) is 6.75. The number of rotatable bonds is 3. The molecule has 0 aliphatic carbocycles. The summed E-state index contributed by atoms with van der Waals surface area (Å²) in [6, 6.07) is 12.4. The van der Waals surface area contributed by atoms with Gasteiger partial charge in [-0.15, -0.1) is 0 Å². The molecule has 0 bridgehead atoms. The number of fused-ring (bicyclic) bond motifs is 1. The lowest BCUT2D eigenvalue weighted by Crippen LogP contribution is -2.37. The summed E-state index contributed by atoms with van der Waals surface area (Å²) >= 11 is 0. The van der Waals surface area contributed by atoms with Crippen LogP contribution in [0.2, 0.25) is 0 Å². The Kier molecular flexibility index (Phi) is 3.99. The zero-order valence-electron chi connectivity index (χ0n) is 14.3. The summed E-state index contributed by atoms with van der Waals surface area (Å²) in [6.07, 6.45) is 0. The quantitative estimate of drug-likeness (QED) is 0.777. The molecule has 7 heteroatoms. The van der Waals surface area contributed by atoms with Gasteiger partial charge in [0, 0.05) is 12.2 Å². The van der Waals surface area contributed by atoms with Gasteiger partial charge in [-0.05, 0) is 36.8 Å². The van der Waals surface area contributed by atoms with E-state index in [0.717, 1.165) is 11.1 Å². The van der Waals surface area contributed by atoms with Crippen molar-refractivity contribution in [3.05, 3.63) is 65.5 Å². The second-order valence-electron chi connectivity index (χ2n) is 6.95. The number of hydrogen-bond donors (Lipinski definition) is 0. The van der Waals surface area contributed by atoms with Crippen molar-refractivity contribution < 1.29 is 17.6 Å². The molecule has 2 aromatic carbocycles. The summed E-state index contributed by atoms with van der Waals surface area (Å²) in [6.45, 7) is 2.34. The highest BCUT2D eigenvalue weighted by molar-refractivity contribution is 7.91. The van der Waals surface area contributed by atoms with E-state index in [1.54, 1.807) is 4.90 Å². The summed E-state index contributed by atoms with van der Waals surface area (Å²) in [4.78, 5) is 16.2. The van der Waals surface area contributed by atoms with E-state index in [0.29, 0.717) is 12.2 Å². The number of amides is 2. The van der Waals surface area contributed by atoms with Crippen LogP contribution in [0.1, 0.15) is 11.1 Å². The predicted molar refractivity (Wildman–Crippen MR) is 97.2 cm³/mol. The number of halogens is 1. The van der Waals surface area contributed by atoms with Gasteiger partial charge in [-0.2, -0.15) is 0 Å². The van der Waals surface area contributed by atoms with Crippen molar-refractivity contribution in [2.24, 2.45) is 0 Å². The average Bonchev–Trinajstić information content (AvgIpc) is 3.02. The van der Waals surface area contributed by atoms with Crippen molar-refractivity contribution in [2.45, 2.75) is 25.6 Å². The van der Waals surface area contributed by atoms with Gasteiger partial charge in [-0.25, -0.2) is 17.6 Å². The van der Waals surface area contributed by atoms with Crippen molar-refractivity contribution in [1.82, 2.24) is 4.90 Å². The van der Waals surface area contributed by atoms with Crippen LogP contribution in [-0.2, 0) is 16.4 Å². The fourth-order valence-corrected chi connectivity index (χ4v) is 5.71. The number of nitrogens with zero attached hydrogens (tertiary/aromatic N) is 2. The minimum atomic E-state index is -3.22. The number of aryl methyl sites for hydroxylation is 1. The first-order valence-corrected chi connectivity index (χ1v) is 10.3. The Hall–Kier alpha value is -2.41. The van der Waals surface area contributed by atoms with Gasteiger partial charge in [0.1, 0.15) is 5.82 Å². The molecule has 0 radical (unpaired) electrons. The largest absolute Gasteiger partial charge is 0.325 e. The van der Waals surface area contributed by atoms with Gasteiger partial charge in [0.05, 0.1) is 23.6 Å². The van der Waals surface area contributed by atoms with Crippen LogP contribution in [0.4, 0.5) is 14.9 Å². The second kappa shape index (κ2) is 6.09. The zero-order valence-corrected chi connectivity index (χ0v) is 15.1. The number of sulfone groups is 1. The monoisotopic (exact) mass is 374 g/mol. The number of urea groups is 1. The van der Waals surface area contributed by atoms with Crippen molar-refractivity contribution in [2.75, 3.05) is 16.4 Å². The first kappa shape index (κ1) is 17.0. The smallest absolute Gasteiger partial charge is 0.314 e. The molecular weight excluding hydrogens is 355 g/mol. The van der Waals surface area contributed by atoms with E-state index in [1.165, 1.54) is 29.2 Å². The fraction of sp³-hybridized carbons (Fsp3) is 0.316. The molecule has 2 atom stereocenters. The summed E-state index contributed by atoms with van der Waals surface area (Å²) in [5, 5.41) is 0. The summed E-state index contributed by atoms with van der Waals surface area (Å²) in [7, 11) is -3.22. The lowest BCUT2D eigenvalue weighted by atomic mass is 10.1. The molecule has 0 saturated carbocycles. The molecule has 5 nitrogen and oxygen atoms in total. The van der Waals surface area contributed by atoms with Crippen LogP contribution in [0.25, 0.3) is 0 Å². The van der Waals surface area contributed by atoms with Crippen LogP contribution >= 0.6 is 0 Å². The first-order chi connectivity index (χ1) is 12.3. The Bertz CT molecular complexity index is 942. The van der Waals surface area contributed by atoms with Gasteiger partial charge in [0.25, 0.3) is 0 Å². The maximum absolute atomic E-state index is 13.2. The number of anilines is 1. The molecule has 2 aromatic rings. The second-order valence-corrected chi connectivity index (χ2v) is 9.11. The maximum atomic E-state index is 13.2. The van der Waals surface area contributed by atoms with Crippen LogP contribution in [0.5, 0.6) is 0 Å². The molecule has 2 heterocycles. The van der Waals surface area contributed by atoms with E-state index < -0.39 is 21.7 Å². The van der Waals surface area contributed by atoms with Crippen molar-refractivity contribution in [1.29, 1.82) is 0 Å². The highest BCUT2D eigenvalue weighted by atomic mass is 32.2. The third kappa shape index (κ3) is 2.96. The molecule has 2 saturated heterocycles.